The van der Waals surface area contributed by atoms with Crippen molar-refractivity contribution in [2.24, 2.45) is 0 Å². The van der Waals surface area contributed by atoms with E-state index in [1.165, 1.54) is 12.1 Å². The summed E-state index contributed by atoms with van der Waals surface area (Å²) in [4.78, 5) is 0. The molecule has 0 heterocycles. The van der Waals surface area contributed by atoms with E-state index in [4.69, 9.17) is 20.9 Å². The highest BCUT2D eigenvalue weighted by Gasteiger charge is 2.15. The van der Waals surface area contributed by atoms with E-state index in [1.807, 2.05) is 60.7 Å². The number of phenolic OH excluding ortho intramolecular Hbond substituents is 2. The average molecular weight is 525 g/mol. The molecule has 0 aliphatic rings. The third-order valence-corrected chi connectivity index (χ3v) is 5.76. The summed E-state index contributed by atoms with van der Waals surface area (Å²) in [5.74, 6) is 13.8. The van der Waals surface area contributed by atoms with Crippen molar-refractivity contribution in [1.82, 2.24) is 0 Å². The van der Waals surface area contributed by atoms with Gasteiger partial charge in [0.2, 0.25) is 0 Å². The van der Waals surface area contributed by atoms with Crippen molar-refractivity contribution >= 4 is 11.4 Å². The fraction of sp³-hybridized carbons (Fsp3) is 0. The molecule has 0 aliphatic heterocycles. The Kier molecular flexibility index (Phi) is 7.44. The predicted octanol–water partition coefficient (Wildman–Crippen LogP) is 6.65. The van der Waals surface area contributed by atoms with Crippen LogP contribution in [0, 0.1) is 23.7 Å². The Hall–Kier alpha value is -5.98. The molecular formula is C34H24N2O4. The van der Waals surface area contributed by atoms with Gasteiger partial charge in [0.05, 0.1) is 11.4 Å². The van der Waals surface area contributed by atoms with E-state index in [-0.39, 0.29) is 22.9 Å². The molecule has 40 heavy (non-hydrogen) atoms. The highest BCUT2D eigenvalue weighted by Crippen LogP contribution is 2.38. The Morgan fingerprint density at radius 2 is 0.900 bits per heavy atom. The van der Waals surface area contributed by atoms with Gasteiger partial charge in [-0.1, -0.05) is 60.1 Å². The second kappa shape index (κ2) is 11.6. The zero-order valence-corrected chi connectivity index (χ0v) is 21.3. The summed E-state index contributed by atoms with van der Waals surface area (Å²) >= 11 is 0. The lowest BCUT2D eigenvalue weighted by molar-refractivity contribution is 0.443. The Morgan fingerprint density at radius 1 is 0.475 bits per heavy atom. The smallest absolute Gasteiger partial charge is 0.148 e. The summed E-state index contributed by atoms with van der Waals surface area (Å²) in [6, 6.07) is 31.8. The van der Waals surface area contributed by atoms with Crippen LogP contribution in [0.3, 0.4) is 0 Å². The lowest BCUT2D eigenvalue weighted by Crippen LogP contribution is -1.96. The minimum atomic E-state index is -0.108. The number of nitrogen functional groups attached to an aromatic ring is 2. The molecule has 0 amide bonds. The first-order valence-electron chi connectivity index (χ1n) is 12.3. The number of aromatic hydroxyl groups is 2. The van der Waals surface area contributed by atoms with Crippen molar-refractivity contribution in [2.75, 3.05) is 11.5 Å². The van der Waals surface area contributed by atoms with Crippen molar-refractivity contribution in [3.8, 4) is 58.2 Å². The first-order valence-corrected chi connectivity index (χ1v) is 12.3. The lowest BCUT2D eigenvalue weighted by Gasteiger charge is -2.15. The molecule has 6 heteroatoms. The van der Waals surface area contributed by atoms with Gasteiger partial charge in [-0.2, -0.15) is 0 Å². The van der Waals surface area contributed by atoms with E-state index in [2.05, 4.69) is 23.7 Å². The number of ether oxygens (including phenoxy) is 2. The number of benzene rings is 5. The predicted molar refractivity (Wildman–Crippen MR) is 156 cm³/mol. The van der Waals surface area contributed by atoms with Crippen molar-refractivity contribution in [3.05, 3.63) is 131 Å². The van der Waals surface area contributed by atoms with Gasteiger partial charge in [-0.25, -0.2) is 0 Å². The molecule has 0 fully saturated rings. The van der Waals surface area contributed by atoms with E-state index in [0.29, 0.717) is 34.1 Å². The van der Waals surface area contributed by atoms with Crippen molar-refractivity contribution in [1.29, 1.82) is 0 Å². The molecule has 6 nitrogen and oxygen atoms in total. The van der Waals surface area contributed by atoms with Crippen molar-refractivity contribution in [3.63, 3.8) is 0 Å². The zero-order chi connectivity index (χ0) is 27.9. The van der Waals surface area contributed by atoms with E-state index < -0.39 is 0 Å². The summed E-state index contributed by atoms with van der Waals surface area (Å²) in [6.45, 7) is 0. The van der Waals surface area contributed by atoms with Crippen LogP contribution < -0.4 is 20.9 Å². The molecule has 5 rings (SSSR count). The van der Waals surface area contributed by atoms with Crippen molar-refractivity contribution in [2.45, 2.75) is 0 Å². The average Bonchev–Trinajstić information content (AvgIpc) is 2.96. The molecule has 5 aromatic rings. The van der Waals surface area contributed by atoms with Crippen molar-refractivity contribution < 1.29 is 19.7 Å². The normalized spacial score (nSPS) is 10.0. The maximum atomic E-state index is 10.1. The molecular weight excluding hydrogens is 500 g/mol. The molecule has 0 atom stereocenters. The van der Waals surface area contributed by atoms with Gasteiger partial charge in [0, 0.05) is 28.8 Å². The van der Waals surface area contributed by atoms with Crippen LogP contribution in [0.4, 0.5) is 11.4 Å². The van der Waals surface area contributed by atoms with Gasteiger partial charge in [0.25, 0.3) is 0 Å². The summed E-state index contributed by atoms with van der Waals surface area (Å²) in [5.41, 5.74) is 14.7. The number of hydrogen-bond donors (Lipinski definition) is 4. The van der Waals surface area contributed by atoms with E-state index >= 15 is 0 Å². The summed E-state index contributed by atoms with van der Waals surface area (Å²) in [7, 11) is 0. The van der Waals surface area contributed by atoms with E-state index in [1.54, 1.807) is 36.4 Å². The summed E-state index contributed by atoms with van der Waals surface area (Å²) in [6.07, 6.45) is 0. The third kappa shape index (κ3) is 6.28. The third-order valence-electron chi connectivity index (χ3n) is 5.76. The molecule has 0 aromatic heterocycles. The molecule has 0 spiro atoms. The van der Waals surface area contributed by atoms with Gasteiger partial charge in [0.1, 0.15) is 40.1 Å². The topological polar surface area (TPSA) is 111 Å². The van der Waals surface area contributed by atoms with Crippen LogP contribution in [0.1, 0.15) is 22.3 Å². The van der Waals surface area contributed by atoms with Crippen LogP contribution in [0.15, 0.2) is 109 Å². The molecule has 6 N–H and O–H groups in total. The number of anilines is 2. The molecule has 5 aromatic carbocycles. The maximum Gasteiger partial charge on any atom is 0.148 e. The fourth-order valence-corrected chi connectivity index (χ4v) is 3.70. The Labute approximate surface area is 232 Å². The molecule has 0 radical (unpaired) electrons. The Bertz CT molecular complexity index is 1720. The monoisotopic (exact) mass is 524 g/mol. The highest BCUT2D eigenvalue weighted by molar-refractivity contribution is 5.64. The number of phenols is 2. The first-order chi connectivity index (χ1) is 19.4. The summed E-state index contributed by atoms with van der Waals surface area (Å²) < 4.78 is 12.4. The molecule has 0 saturated carbocycles. The Morgan fingerprint density at radius 3 is 1.35 bits per heavy atom. The minimum absolute atomic E-state index is 0.108. The van der Waals surface area contributed by atoms with Crippen LogP contribution in [0.25, 0.3) is 0 Å². The molecule has 0 bridgehead atoms. The second-order valence-corrected chi connectivity index (χ2v) is 8.72. The maximum absolute atomic E-state index is 10.1. The van der Waals surface area contributed by atoms with Gasteiger partial charge in [-0.05, 0) is 60.7 Å². The lowest BCUT2D eigenvalue weighted by atomic mass is 10.1. The number of rotatable bonds is 4. The van der Waals surface area contributed by atoms with Gasteiger partial charge >= 0.3 is 0 Å². The fourth-order valence-electron chi connectivity index (χ4n) is 3.70. The first kappa shape index (κ1) is 25.7. The minimum Gasteiger partial charge on any atom is -0.506 e. The molecule has 0 saturated heterocycles. The van der Waals surface area contributed by atoms with Crippen LogP contribution in [0.5, 0.6) is 34.5 Å². The molecule has 0 aliphatic carbocycles. The quantitative estimate of drug-likeness (QED) is 0.119. The second-order valence-electron chi connectivity index (χ2n) is 8.72. The van der Waals surface area contributed by atoms with Crippen LogP contribution in [-0.2, 0) is 0 Å². The van der Waals surface area contributed by atoms with E-state index in [9.17, 15) is 10.2 Å². The van der Waals surface area contributed by atoms with Gasteiger partial charge in [0.15, 0.2) is 0 Å². The van der Waals surface area contributed by atoms with Crippen LogP contribution in [-0.4, -0.2) is 10.2 Å². The van der Waals surface area contributed by atoms with Crippen LogP contribution >= 0.6 is 0 Å². The van der Waals surface area contributed by atoms with Gasteiger partial charge < -0.3 is 31.2 Å². The zero-order valence-electron chi connectivity index (χ0n) is 21.3. The summed E-state index contributed by atoms with van der Waals surface area (Å²) in [5, 5.41) is 20.3. The largest absolute Gasteiger partial charge is 0.506 e. The number of hydrogen-bond acceptors (Lipinski definition) is 6. The van der Waals surface area contributed by atoms with Gasteiger partial charge in [-0.3, -0.25) is 0 Å². The Balaban J connectivity index is 1.67. The highest BCUT2D eigenvalue weighted by atomic mass is 16.5. The molecule has 0 unspecified atom stereocenters. The SMILES string of the molecule is Nc1ccc(Oc2cc(C#Cc3ccccc3)cc(Oc3ccc(N)c(O)c3)c2C#Cc2ccccc2)cc1O. The number of nitrogens with two attached hydrogens (primary N) is 2. The van der Waals surface area contributed by atoms with Crippen LogP contribution in [0.2, 0.25) is 0 Å². The molecule has 194 valence electrons. The standard InChI is InChI=1S/C34H24N2O4/c35-29-17-14-26(21-31(29)37)39-33-19-25(12-11-23-7-3-1-4-8-23)20-34(40-27-15-18-30(36)32(38)22-27)28(33)16-13-24-9-5-2-6-10-24/h1-10,14-15,17-22,37-38H,35-36H2. The van der Waals surface area contributed by atoms with E-state index in [0.717, 1.165) is 11.1 Å². The van der Waals surface area contributed by atoms with Gasteiger partial charge in [-0.15, -0.1) is 0 Å².